The Morgan fingerprint density at radius 3 is 2.85 bits per heavy atom. The molecule has 20 heavy (non-hydrogen) atoms. The highest BCUT2D eigenvalue weighted by Gasteiger charge is 2.34. The summed E-state index contributed by atoms with van der Waals surface area (Å²) in [5.41, 5.74) is 9.82. The number of likely N-dealkylation sites (tertiary alicyclic amines) is 1. The minimum Gasteiger partial charge on any atom is -0.506 e. The lowest BCUT2D eigenvalue weighted by Crippen LogP contribution is -2.22. The van der Waals surface area contributed by atoms with Crippen LogP contribution < -0.4 is 5.73 Å². The van der Waals surface area contributed by atoms with Gasteiger partial charge in [-0.1, -0.05) is 0 Å². The Morgan fingerprint density at radius 2 is 2.15 bits per heavy atom. The maximum absolute atomic E-state index is 10.6. The molecule has 1 aromatic rings. The summed E-state index contributed by atoms with van der Waals surface area (Å²) >= 11 is 3.53. The van der Waals surface area contributed by atoms with E-state index in [4.69, 9.17) is 5.73 Å². The van der Waals surface area contributed by atoms with Crippen LogP contribution in [0, 0.1) is 5.92 Å². The van der Waals surface area contributed by atoms with Crippen molar-refractivity contribution in [2.75, 3.05) is 20.1 Å². The average molecular weight is 339 g/mol. The van der Waals surface area contributed by atoms with Gasteiger partial charge in [0.15, 0.2) is 0 Å². The standard InChI is InChI=1S/C16H23BrN2O/c1-19-9-10(8-18)6-14(19)15-12-5-3-2-4-11(12)7-13(17)16(15)20/h7,10,14,20H,2-6,8-9,18H2,1H3. The Kier molecular flexibility index (Phi) is 4.07. The quantitative estimate of drug-likeness (QED) is 0.871. The lowest BCUT2D eigenvalue weighted by atomic mass is 9.84. The maximum Gasteiger partial charge on any atom is 0.134 e. The number of rotatable bonds is 2. The summed E-state index contributed by atoms with van der Waals surface area (Å²) in [6, 6.07) is 2.43. The van der Waals surface area contributed by atoms with Gasteiger partial charge in [0.25, 0.3) is 0 Å². The lowest BCUT2D eigenvalue weighted by molar-refractivity contribution is 0.303. The molecule has 0 radical (unpaired) electrons. The number of hydrogen-bond donors (Lipinski definition) is 2. The minimum absolute atomic E-state index is 0.313. The number of fused-ring (bicyclic) bond motifs is 1. The third-order valence-electron chi connectivity index (χ3n) is 4.92. The Bertz CT molecular complexity index is 518. The average Bonchev–Trinajstić information content (AvgIpc) is 2.81. The second-order valence-electron chi connectivity index (χ2n) is 6.26. The number of phenolic OH excluding ortho intramolecular Hbond substituents is 1. The molecule has 1 fully saturated rings. The van der Waals surface area contributed by atoms with Gasteiger partial charge in [0.2, 0.25) is 0 Å². The van der Waals surface area contributed by atoms with E-state index in [1.54, 1.807) is 0 Å². The number of aromatic hydroxyl groups is 1. The molecule has 1 aromatic carbocycles. The van der Waals surface area contributed by atoms with Gasteiger partial charge in [-0.15, -0.1) is 0 Å². The highest BCUT2D eigenvalue weighted by molar-refractivity contribution is 9.10. The summed E-state index contributed by atoms with van der Waals surface area (Å²) in [6.07, 6.45) is 5.79. The highest BCUT2D eigenvalue weighted by atomic mass is 79.9. The van der Waals surface area contributed by atoms with E-state index in [1.807, 2.05) is 0 Å². The topological polar surface area (TPSA) is 49.5 Å². The monoisotopic (exact) mass is 338 g/mol. The van der Waals surface area contributed by atoms with Crippen molar-refractivity contribution in [2.45, 2.75) is 38.1 Å². The number of hydrogen-bond acceptors (Lipinski definition) is 3. The molecule has 1 saturated heterocycles. The normalized spacial score (nSPS) is 26.8. The first-order valence-corrected chi connectivity index (χ1v) is 8.34. The molecule has 2 atom stereocenters. The van der Waals surface area contributed by atoms with Gasteiger partial charge in [0.05, 0.1) is 4.47 Å². The number of nitrogens with zero attached hydrogens (tertiary/aromatic N) is 1. The molecule has 2 unspecified atom stereocenters. The van der Waals surface area contributed by atoms with Crippen molar-refractivity contribution < 1.29 is 5.11 Å². The van der Waals surface area contributed by atoms with Crippen LogP contribution in [-0.4, -0.2) is 30.1 Å². The van der Waals surface area contributed by atoms with Gasteiger partial charge in [0, 0.05) is 18.2 Å². The van der Waals surface area contributed by atoms with Crippen molar-refractivity contribution in [1.82, 2.24) is 4.90 Å². The van der Waals surface area contributed by atoms with Crippen molar-refractivity contribution >= 4 is 15.9 Å². The molecule has 1 heterocycles. The van der Waals surface area contributed by atoms with Crippen LogP contribution in [0.4, 0.5) is 0 Å². The predicted octanol–water partition coefficient (Wildman–Crippen LogP) is 2.99. The molecule has 0 amide bonds. The molecule has 3 N–H and O–H groups in total. The molecule has 1 aliphatic heterocycles. The van der Waals surface area contributed by atoms with Crippen LogP contribution in [0.3, 0.4) is 0 Å². The van der Waals surface area contributed by atoms with E-state index < -0.39 is 0 Å². The third-order valence-corrected chi connectivity index (χ3v) is 5.52. The number of halogens is 1. The van der Waals surface area contributed by atoms with E-state index in [0.717, 1.165) is 42.4 Å². The van der Waals surface area contributed by atoms with Gasteiger partial charge >= 0.3 is 0 Å². The van der Waals surface area contributed by atoms with Crippen molar-refractivity contribution in [2.24, 2.45) is 11.7 Å². The van der Waals surface area contributed by atoms with Crippen LogP contribution in [0.15, 0.2) is 10.5 Å². The van der Waals surface area contributed by atoms with Crippen molar-refractivity contribution in [3.63, 3.8) is 0 Å². The summed E-state index contributed by atoms with van der Waals surface area (Å²) in [4.78, 5) is 2.36. The van der Waals surface area contributed by atoms with Crippen molar-refractivity contribution in [1.29, 1.82) is 0 Å². The van der Waals surface area contributed by atoms with Crippen LogP contribution in [-0.2, 0) is 12.8 Å². The molecule has 0 saturated carbocycles. The van der Waals surface area contributed by atoms with Gasteiger partial charge < -0.3 is 10.8 Å². The van der Waals surface area contributed by atoms with E-state index >= 15 is 0 Å². The molecule has 2 aliphatic rings. The number of nitrogens with two attached hydrogens (primary N) is 1. The zero-order valence-corrected chi connectivity index (χ0v) is 13.6. The van der Waals surface area contributed by atoms with Crippen LogP contribution in [0.25, 0.3) is 0 Å². The van der Waals surface area contributed by atoms with E-state index in [-0.39, 0.29) is 0 Å². The first kappa shape index (κ1) is 14.4. The summed E-state index contributed by atoms with van der Waals surface area (Å²) in [7, 11) is 2.15. The van der Waals surface area contributed by atoms with E-state index in [9.17, 15) is 5.11 Å². The number of benzene rings is 1. The zero-order chi connectivity index (χ0) is 14.3. The van der Waals surface area contributed by atoms with Gasteiger partial charge in [-0.3, -0.25) is 4.90 Å². The fraction of sp³-hybridized carbons (Fsp3) is 0.625. The first-order chi connectivity index (χ1) is 9.61. The summed E-state index contributed by atoms with van der Waals surface area (Å²) in [6.45, 7) is 1.76. The van der Waals surface area contributed by atoms with E-state index in [0.29, 0.717) is 17.7 Å². The molecule has 0 spiro atoms. The molecular weight excluding hydrogens is 316 g/mol. The van der Waals surface area contributed by atoms with Crippen molar-refractivity contribution in [3.05, 3.63) is 27.2 Å². The Hall–Kier alpha value is -0.580. The molecule has 3 nitrogen and oxygen atoms in total. The third kappa shape index (κ3) is 2.38. The second kappa shape index (κ2) is 5.66. The van der Waals surface area contributed by atoms with Gasteiger partial charge in [-0.2, -0.15) is 0 Å². The minimum atomic E-state index is 0.313. The van der Waals surface area contributed by atoms with Crippen LogP contribution >= 0.6 is 15.9 Å². The SMILES string of the molecule is CN1CC(CN)CC1c1c(O)c(Br)cc2c1CCCC2. The zero-order valence-electron chi connectivity index (χ0n) is 12.0. The molecule has 4 heteroatoms. The predicted molar refractivity (Wildman–Crippen MR) is 85.0 cm³/mol. The molecule has 0 bridgehead atoms. The van der Waals surface area contributed by atoms with Crippen LogP contribution in [0.5, 0.6) is 5.75 Å². The van der Waals surface area contributed by atoms with E-state index in [2.05, 4.69) is 33.9 Å². The van der Waals surface area contributed by atoms with Gasteiger partial charge in [-0.25, -0.2) is 0 Å². The van der Waals surface area contributed by atoms with Gasteiger partial charge in [-0.05, 0) is 84.7 Å². The Morgan fingerprint density at radius 1 is 1.40 bits per heavy atom. The maximum atomic E-state index is 10.6. The molecule has 3 rings (SSSR count). The van der Waals surface area contributed by atoms with E-state index in [1.165, 1.54) is 24.0 Å². The molecule has 110 valence electrons. The molecular formula is C16H23BrN2O. The fourth-order valence-electron chi connectivity index (χ4n) is 3.86. The smallest absolute Gasteiger partial charge is 0.134 e. The summed E-state index contributed by atoms with van der Waals surface area (Å²) < 4.78 is 0.845. The second-order valence-corrected chi connectivity index (χ2v) is 7.11. The largest absolute Gasteiger partial charge is 0.506 e. The van der Waals surface area contributed by atoms with Crippen molar-refractivity contribution in [3.8, 4) is 5.75 Å². The number of aryl methyl sites for hydroxylation is 1. The fourth-order valence-corrected chi connectivity index (χ4v) is 4.35. The molecule has 0 aromatic heterocycles. The van der Waals surface area contributed by atoms with Crippen LogP contribution in [0.1, 0.15) is 42.0 Å². The summed E-state index contributed by atoms with van der Waals surface area (Å²) in [5.74, 6) is 0.989. The highest BCUT2D eigenvalue weighted by Crippen LogP contribution is 2.45. The first-order valence-electron chi connectivity index (χ1n) is 7.55. The van der Waals surface area contributed by atoms with Gasteiger partial charge in [0.1, 0.15) is 5.75 Å². The molecule has 1 aliphatic carbocycles. The number of phenols is 1. The Balaban J connectivity index is 2.06. The van der Waals surface area contributed by atoms with Crippen LogP contribution in [0.2, 0.25) is 0 Å². The summed E-state index contributed by atoms with van der Waals surface area (Å²) in [5, 5.41) is 10.6. The Labute approximate surface area is 129 Å². The lowest BCUT2D eigenvalue weighted by Gasteiger charge is -2.28.